The smallest absolute Gasteiger partial charge is 0.338 e. The number of carbonyl (C=O) groups excluding carboxylic acids is 1. The Morgan fingerprint density at radius 1 is 1.10 bits per heavy atom. The lowest BCUT2D eigenvalue weighted by molar-refractivity contribution is 0.0450. The molecule has 0 aromatic heterocycles. The lowest BCUT2D eigenvalue weighted by Gasteiger charge is -2.09. The molecule has 5 heteroatoms. The summed E-state index contributed by atoms with van der Waals surface area (Å²) in [6.07, 6.45) is 0. The molecule has 21 heavy (non-hydrogen) atoms. The Labute approximate surface area is 123 Å². The molecule has 0 unspecified atom stereocenters. The van der Waals surface area contributed by atoms with Gasteiger partial charge in [0.25, 0.3) is 0 Å². The largest absolute Gasteiger partial charge is 0.495 e. The maximum Gasteiger partial charge on any atom is 0.338 e. The molecule has 2 rings (SSSR count). The zero-order valence-corrected chi connectivity index (χ0v) is 11.7. The SMILES string of the molecule is COc1cc(C(=O)OCCOc2ccccc2)ccc1N. The van der Waals surface area contributed by atoms with Crippen molar-refractivity contribution in [2.24, 2.45) is 0 Å². The van der Waals surface area contributed by atoms with Gasteiger partial charge in [-0.1, -0.05) is 18.2 Å². The van der Waals surface area contributed by atoms with Crippen LogP contribution in [0.3, 0.4) is 0 Å². The van der Waals surface area contributed by atoms with Crippen LogP contribution >= 0.6 is 0 Å². The number of ether oxygens (including phenoxy) is 3. The molecular weight excluding hydrogens is 270 g/mol. The number of rotatable bonds is 6. The highest BCUT2D eigenvalue weighted by Gasteiger charge is 2.10. The highest BCUT2D eigenvalue weighted by molar-refractivity contribution is 5.90. The summed E-state index contributed by atoms with van der Waals surface area (Å²) >= 11 is 0. The van der Waals surface area contributed by atoms with Crippen LogP contribution in [-0.4, -0.2) is 26.3 Å². The summed E-state index contributed by atoms with van der Waals surface area (Å²) in [5.74, 6) is 0.748. The number of carbonyl (C=O) groups is 1. The molecule has 0 aliphatic heterocycles. The van der Waals surface area contributed by atoms with E-state index in [-0.39, 0.29) is 6.61 Å². The van der Waals surface area contributed by atoms with E-state index in [1.54, 1.807) is 18.2 Å². The van der Waals surface area contributed by atoms with Gasteiger partial charge in [0.15, 0.2) is 0 Å². The molecule has 2 aromatic rings. The standard InChI is InChI=1S/C16H17NO4/c1-19-15-11-12(7-8-14(15)17)16(18)21-10-9-20-13-5-3-2-4-6-13/h2-8,11H,9-10,17H2,1H3. The summed E-state index contributed by atoms with van der Waals surface area (Å²) in [6, 6.07) is 14.1. The molecule has 0 spiro atoms. The number of benzene rings is 2. The molecule has 0 saturated heterocycles. The highest BCUT2D eigenvalue weighted by Crippen LogP contribution is 2.22. The van der Waals surface area contributed by atoms with Crippen LogP contribution in [0.1, 0.15) is 10.4 Å². The Bertz CT molecular complexity index is 598. The summed E-state index contributed by atoms with van der Waals surface area (Å²) in [5, 5.41) is 0. The van der Waals surface area contributed by atoms with Crippen molar-refractivity contribution in [2.75, 3.05) is 26.1 Å². The second kappa shape index (κ2) is 7.19. The lowest BCUT2D eigenvalue weighted by Crippen LogP contribution is -2.12. The Balaban J connectivity index is 1.82. The van der Waals surface area contributed by atoms with Crippen LogP contribution in [0.2, 0.25) is 0 Å². The van der Waals surface area contributed by atoms with Gasteiger partial charge in [0.05, 0.1) is 18.4 Å². The van der Waals surface area contributed by atoms with Gasteiger partial charge in [0, 0.05) is 0 Å². The van der Waals surface area contributed by atoms with E-state index in [9.17, 15) is 4.79 Å². The summed E-state index contributed by atoms with van der Waals surface area (Å²) in [4.78, 5) is 11.9. The molecule has 5 nitrogen and oxygen atoms in total. The number of nitrogen functional groups attached to an aromatic ring is 1. The minimum Gasteiger partial charge on any atom is -0.495 e. The number of esters is 1. The van der Waals surface area contributed by atoms with Gasteiger partial charge in [0.1, 0.15) is 24.7 Å². The lowest BCUT2D eigenvalue weighted by atomic mass is 10.2. The highest BCUT2D eigenvalue weighted by atomic mass is 16.6. The van der Waals surface area contributed by atoms with Crippen LogP contribution in [0.15, 0.2) is 48.5 Å². The van der Waals surface area contributed by atoms with Crippen LogP contribution in [0.25, 0.3) is 0 Å². The Morgan fingerprint density at radius 3 is 2.57 bits per heavy atom. The molecule has 110 valence electrons. The molecule has 0 aliphatic rings. The Morgan fingerprint density at radius 2 is 1.86 bits per heavy atom. The molecule has 0 bridgehead atoms. The first kappa shape index (κ1) is 14.7. The quantitative estimate of drug-likeness (QED) is 0.502. The molecule has 0 atom stereocenters. The van der Waals surface area contributed by atoms with E-state index in [1.165, 1.54) is 7.11 Å². The molecule has 0 heterocycles. The normalized spacial score (nSPS) is 9.95. The second-order valence-electron chi connectivity index (χ2n) is 4.25. The third-order valence-electron chi connectivity index (χ3n) is 2.80. The number of hydrogen-bond donors (Lipinski definition) is 1. The molecule has 0 saturated carbocycles. The predicted molar refractivity (Wildman–Crippen MR) is 79.6 cm³/mol. The summed E-state index contributed by atoms with van der Waals surface area (Å²) in [7, 11) is 1.49. The van der Waals surface area contributed by atoms with Crippen molar-refractivity contribution in [1.29, 1.82) is 0 Å². The van der Waals surface area contributed by atoms with Gasteiger partial charge in [-0.15, -0.1) is 0 Å². The first-order chi connectivity index (χ1) is 10.2. The minimum absolute atomic E-state index is 0.167. The van der Waals surface area contributed by atoms with Crippen molar-refractivity contribution in [3.05, 3.63) is 54.1 Å². The third kappa shape index (κ3) is 4.14. The first-order valence-corrected chi connectivity index (χ1v) is 6.49. The van der Waals surface area contributed by atoms with Crippen LogP contribution in [0.4, 0.5) is 5.69 Å². The van der Waals surface area contributed by atoms with Crippen molar-refractivity contribution in [3.8, 4) is 11.5 Å². The van der Waals surface area contributed by atoms with Gasteiger partial charge in [0.2, 0.25) is 0 Å². The van der Waals surface area contributed by atoms with Gasteiger partial charge in [-0.05, 0) is 30.3 Å². The van der Waals surface area contributed by atoms with Crippen molar-refractivity contribution in [3.63, 3.8) is 0 Å². The van der Waals surface area contributed by atoms with Gasteiger partial charge in [-0.3, -0.25) is 0 Å². The fourth-order valence-corrected chi connectivity index (χ4v) is 1.73. The Hall–Kier alpha value is -2.69. The maximum atomic E-state index is 11.9. The number of nitrogens with two attached hydrogens (primary N) is 1. The molecule has 0 fully saturated rings. The minimum atomic E-state index is -0.440. The number of hydrogen-bond acceptors (Lipinski definition) is 5. The topological polar surface area (TPSA) is 70.8 Å². The molecule has 2 aromatic carbocycles. The number of anilines is 1. The van der Waals surface area contributed by atoms with E-state index in [4.69, 9.17) is 19.9 Å². The maximum absolute atomic E-state index is 11.9. The van der Waals surface area contributed by atoms with E-state index in [0.717, 1.165) is 5.75 Å². The zero-order valence-electron chi connectivity index (χ0n) is 11.7. The van der Waals surface area contributed by atoms with E-state index < -0.39 is 5.97 Å². The third-order valence-corrected chi connectivity index (χ3v) is 2.80. The van der Waals surface area contributed by atoms with Crippen LogP contribution in [0, 0.1) is 0 Å². The molecule has 0 amide bonds. The monoisotopic (exact) mass is 287 g/mol. The van der Waals surface area contributed by atoms with E-state index in [2.05, 4.69) is 0 Å². The first-order valence-electron chi connectivity index (χ1n) is 6.49. The van der Waals surface area contributed by atoms with Gasteiger partial charge < -0.3 is 19.9 Å². The van der Waals surface area contributed by atoms with E-state index >= 15 is 0 Å². The van der Waals surface area contributed by atoms with Crippen LogP contribution in [0.5, 0.6) is 11.5 Å². The van der Waals surface area contributed by atoms with Gasteiger partial charge >= 0.3 is 5.97 Å². The predicted octanol–water partition coefficient (Wildman–Crippen LogP) is 2.51. The van der Waals surface area contributed by atoms with Crippen molar-refractivity contribution in [2.45, 2.75) is 0 Å². The van der Waals surface area contributed by atoms with Gasteiger partial charge in [-0.2, -0.15) is 0 Å². The van der Waals surface area contributed by atoms with Crippen molar-refractivity contribution < 1.29 is 19.0 Å². The fraction of sp³-hybridized carbons (Fsp3) is 0.188. The molecule has 2 N–H and O–H groups in total. The van der Waals surface area contributed by atoms with E-state index in [0.29, 0.717) is 23.6 Å². The molecule has 0 radical (unpaired) electrons. The van der Waals surface area contributed by atoms with Crippen molar-refractivity contribution in [1.82, 2.24) is 0 Å². The average molecular weight is 287 g/mol. The summed E-state index contributed by atoms with van der Waals surface area (Å²) in [5.41, 5.74) is 6.55. The van der Waals surface area contributed by atoms with E-state index in [1.807, 2.05) is 30.3 Å². The van der Waals surface area contributed by atoms with Crippen LogP contribution in [-0.2, 0) is 4.74 Å². The molecule has 0 aliphatic carbocycles. The van der Waals surface area contributed by atoms with Gasteiger partial charge in [-0.25, -0.2) is 4.79 Å². The Kier molecular flexibility index (Phi) is 5.04. The summed E-state index contributed by atoms with van der Waals surface area (Å²) in [6.45, 7) is 0.461. The summed E-state index contributed by atoms with van der Waals surface area (Å²) < 4.78 is 15.6. The number of methoxy groups -OCH3 is 1. The average Bonchev–Trinajstić information content (AvgIpc) is 2.53. The van der Waals surface area contributed by atoms with Crippen LogP contribution < -0.4 is 15.2 Å². The number of para-hydroxylation sites is 1. The zero-order chi connectivity index (χ0) is 15.1. The fourth-order valence-electron chi connectivity index (χ4n) is 1.73. The molecular formula is C16H17NO4. The second-order valence-corrected chi connectivity index (χ2v) is 4.25. The van der Waals surface area contributed by atoms with Crippen molar-refractivity contribution >= 4 is 11.7 Å².